The van der Waals surface area contributed by atoms with Gasteiger partial charge in [-0.2, -0.15) is 0 Å². The molecule has 1 saturated carbocycles. The summed E-state index contributed by atoms with van der Waals surface area (Å²) in [5.41, 5.74) is 7.08. The molecule has 2 saturated heterocycles. The molecule has 0 spiro atoms. The highest BCUT2D eigenvalue weighted by Gasteiger charge is 2.45. The Kier molecular flexibility index (Phi) is 4.14. The Morgan fingerprint density at radius 3 is 2.71 bits per heavy atom. The summed E-state index contributed by atoms with van der Waals surface area (Å²) in [4.78, 5) is 14.3. The molecule has 4 rings (SSSR count). The standard InChI is InChI=1S/C17H22F2N4O/c18-13-5-4-11(8-14(13)19)20-17(24)23-7-6-15-12(9-23)16(22-21-15)10-2-1-3-10/h4-5,8,10,12,15-16,21-22H,1-3,6-7,9H2,(H,20,24). The molecule has 0 bridgehead atoms. The lowest BCUT2D eigenvalue weighted by atomic mass is 9.73. The molecule has 5 nitrogen and oxygen atoms in total. The maximum absolute atomic E-state index is 13.3. The first kappa shape index (κ1) is 15.8. The first-order chi connectivity index (χ1) is 11.6. The number of amides is 2. The highest BCUT2D eigenvalue weighted by molar-refractivity contribution is 5.89. The molecular weight excluding hydrogens is 314 g/mol. The van der Waals surface area contributed by atoms with Crippen molar-refractivity contribution < 1.29 is 13.6 Å². The van der Waals surface area contributed by atoms with E-state index in [9.17, 15) is 13.6 Å². The number of nitrogens with one attached hydrogen (secondary N) is 3. The maximum Gasteiger partial charge on any atom is 0.321 e. The second-order valence-electron chi connectivity index (χ2n) is 7.07. The zero-order valence-corrected chi connectivity index (χ0v) is 13.4. The maximum atomic E-state index is 13.3. The minimum Gasteiger partial charge on any atom is -0.324 e. The van der Waals surface area contributed by atoms with Crippen molar-refractivity contribution in [3.63, 3.8) is 0 Å². The fraction of sp³-hybridized carbons (Fsp3) is 0.588. The van der Waals surface area contributed by atoms with Crippen LogP contribution in [0.3, 0.4) is 0 Å². The van der Waals surface area contributed by atoms with Gasteiger partial charge in [0.05, 0.1) is 0 Å². The number of hydrogen-bond acceptors (Lipinski definition) is 3. The molecule has 3 atom stereocenters. The number of anilines is 1. The van der Waals surface area contributed by atoms with E-state index in [1.165, 1.54) is 25.3 Å². The zero-order valence-electron chi connectivity index (χ0n) is 13.4. The molecular formula is C17H22F2N4O. The first-order valence-electron chi connectivity index (χ1n) is 8.64. The lowest BCUT2D eigenvalue weighted by molar-refractivity contribution is 0.137. The van der Waals surface area contributed by atoms with Gasteiger partial charge in [-0.25, -0.2) is 13.6 Å². The molecule has 24 heavy (non-hydrogen) atoms. The topological polar surface area (TPSA) is 56.4 Å². The number of rotatable bonds is 2. The van der Waals surface area contributed by atoms with Crippen molar-refractivity contribution >= 4 is 11.7 Å². The third-order valence-corrected chi connectivity index (χ3v) is 5.67. The van der Waals surface area contributed by atoms with E-state index in [4.69, 9.17) is 0 Å². The Labute approximate surface area is 139 Å². The SMILES string of the molecule is O=C(Nc1ccc(F)c(F)c1)N1CCC2NNC(C3CCC3)C2C1. The van der Waals surface area contributed by atoms with Crippen molar-refractivity contribution in [3.05, 3.63) is 29.8 Å². The van der Waals surface area contributed by atoms with Gasteiger partial charge in [0.2, 0.25) is 0 Å². The van der Waals surface area contributed by atoms with Crippen LogP contribution in [0.4, 0.5) is 19.3 Å². The number of piperidine rings is 1. The molecule has 2 amide bonds. The van der Waals surface area contributed by atoms with E-state index in [1.54, 1.807) is 4.90 Å². The highest BCUT2D eigenvalue weighted by atomic mass is 19.2. The summed E-state index contributed by atoms with van der Waals surface area (Å²) in [6, 6.07) is 3.98. The van der Waals surface area contributed by atoms with Gasteiger partial charge in [0.25, 0.3) is 0 Å². The van der Waals surface area contributed by atoms with E-state index in [0.717, 1.165) is 18.6 Å². The molecule has 3 N–H and O–H groups in total. The Morgan fingerprint density at radius 2 is 2.00 bits per heavy atom. The number of benzene rings is 1. The third-order valence-electron chi connectivity index (χ3n) is 5.67. The van der Waals surface area contributed by atoms with Crippen molar-refractivity contribution in [1.82, 2.24) is 15.8 Å². The van der Waals surface area contributed by atoms with Gasteiger partial charge < -0.3 is 10.2 Å². The molecule has 2 aliphatic heterocycles. The number of urea groups is 1. The van der Waals surface area contributed by atoms with Crippen LogP contribution in [0, 0.1) is 23.5 Å². The highest BCUT2D eigenvalue weighted by Crippen LogP contribution is 2.37. The van der Waals surface area contributed by atoms with E-state index in [2.05, 4.69) is 16.2 Å². The van der Waals surface area contributed by atoms with Gasteiger partial charge in [-0.3, -0.25) is 10.9 Å². The average molecular weight is 336 g/mol. The molecule has 1 aromatic rings. The van der Waals surface area contributed by atoms with Crippen LogP contribution in [-0.4, -0.2) is 36.1 Å². The van der Waals surface area contributed by atoms with Crippen LogP contribution in [0.15, 0.2) is 18.2 Å². The molecule has 0 aromatic heterocycles. The first-order valence-corrected chi connectivity index (χ1v) is 8.64. The number of fused-ring (bicyclic) bond motifs is 1. The summed E-state index contributed by atoms with van der Waals surface area (Å²) in [6.45, 7) is 1.34. The third kappa shape index (κ3) is 2.86. The van der Waals surface area contributed by atoms with Gasteiger partial charge in [0, 0.05) is 42.8 Å². The molecule has 2 heterocycles. The van der Waals surface area contributed by atoms with Crippen LogP contribution in [0.2, 0.25) is 0 Å². The predicted octanol–water partition coefficient (Wildman–Crippen LogP) is 2.46. The normalized spacial score (nSPS) is 29.9. The van der Waals surface area contributed by atoms with E-state index in [0.29, 0.717) is 37.0 Å². The summed E-state index contributed by atoms with van der Waals surface area (Å²) < 4.78 is 26.3. The quantitative estimate of drug-likeness (QED) is 0.778. The monoisotopic (exact) mass is 336 g/mol. The van der Waals surface area contributed by atoms with Crippen molar-refractivity contribution in [3.8, 4) is 0 Å². The lowest BCUT2D eigenvalue weighted by Gasteiger charge is -2.40. The van der Waals surface area contributed by atoms with Crippen LogP contribution in [0.5, 0.6) is 0 Å². The van der Waals surface area contributed by atoms with E-state index < -0.39 is 11.6 Å². The van der Waals surface area contributed by atoms with E-state index >= 15 is 0 Å². The molecule has 3 unspecified atom stereocenters. The fourth-order valence-corrected chi connectivity index (χ4v) is 4.06. The zero-order chi connectivity index (χ0) is 16.7. The van der Waals surface area contributed by atoms with Crippen LogP contribution in [0.25, 0.3) is 0 Å². The van der Waals surface area contributed by atoms with Crippen molar-refractivity contribution in [1.29, 1.82) is 0 Å². The summed E-state index contributed by atoms with van der Waals surface area (Å²) in [5, 5.41) is 2.67. The second kappa shape index (κ2) is 6.29. The van der Waals surface area contributed by atoms with Crippen molar-refractivity contribution in [2.45, 2.75) is 37.8 Å². The summed E-state index contributed by atoms with van der Waals surface area (Å²) in [6.07, 6.45) is 4.69. The molecule has 3 fully saturated rings. The number of carbonyl (C=O) groups is 1. The minimum atomic E-state index is -0.958. The van der Waals surface area contributed by atoms with Gasteiger partial charge in [-0.1, -0.05) is 6.42 Å². The molecule has 0 radical (unpaired) electrons. The Balaban J connectivity index is 1.40. The van der Waals surface area contributed by atoms with Gasteiger partial charge in [-0.05, 0) is 37.3 Å². The second-order valence-corrected chi connectivity index (χ2v) is 7.07. The Morgan fingerprint density at radius 1 is 1.17 bits per heavy atom. The number of carbonyl (C=O) groups excluding carboxylic acids is 1. The number of hydrogen-bond donors (Lipinski definition) is 3. The van der Waals surface area contributed by atoms with Crippen LogP contribution < -0.4 is 16.2 Å². The number of likely N-dealkylation sites (tertiary alicyclic amines) is 1. The van der Waals surface area contributed by atoms with Gasteiger partial charge >= 0.3 is 6.03 Å². The smallest absolute Gasteiger partial charge is 0.321 e. The largest absolute Gasteiger partial charge is 0.324 e. The Hall–Kier alpha value is -1.73. The summed E-state index contributed by atoms with van der Waals surface area (Å²) in [7, 11) is 0. The predicted molar refractivity (Wildman–Crippen MR) is 86.2 cm³/mol. The molecule has 3 aliphatic rings. The van der Waals surface area contributed by atoms with Crippen molar-refractivity contribution in [2.75, 3.05) is 18.4 Å². The molecule has 1 aliphatic carbocycles. The van der Waals surface area contributed by atoms with E-state index in [1.807, 2.05) is 0 Å². The van der Waals surface area contributed by atoms with E-state index in [-0.39, 0.29) is 11.7 Å². The van der Waals surface area contributed by atoms with Gasteiger partial charge in [-0.15, -0.1) is 0 Å². The molecule has 7 heteroatoms. The number of halogens is 2. The van der Waals surface area contributed by atoms with Crippen LogP contribution >= 0.6 is 0 Å². The van der Waals surface area contributed by atoms with Gasteiger partial charge in [0.15, 0.2) is 11.6 Å². The van der Waals surface area contributed by atoms with Crippen LogP contribution in [-0.2, 0) is 0 Å². The summed E-state index contributed by atoms with van der Waals surface area (Å²) >= 11 is 0. The fourth-order valence-electron chi connectivity index (χ4n) is 4.06. The number of nitrogens with zero attached hydrogens (tertiary/aromatic N) is 1. The van der Waals surface area contributed by atoms with Crippen molar-refractivity contribution in [2.24, 2.45) is 11.8 Å². The summed E-state index contributed by atoms with van der Waals surface area (Å²) in [5.74, 6) is -0.775. The molecule has 1 aromatic carbocycles. The van der Waals surface area contributed by atoms with Crippen LogP contribution in [0.1, 0.15) is 25.7 Å². The molecule has 130 valence electrons. The Bertz CT molecular complexity index is 637. The van der Waals surface area contributed by atoms with Gasteiger partial charge in [0.1, 0.15) is 0 Å². The average Bonchev–Trinajstić information content (AvgIpc) is 2.92. The minimum absolute atomic E-state index is 0.251. The number of hydrazine groups is 1. The lowest BCUT2D eigenvalue weighted by Crippen LogP contribution is -2.51.